The summed E-state index contributed by atoms with van der Waals surface area (Å²) in [6.45, 7) is 0.318. The van der Waals surface area contributed by atoms with Crippen LogP contribution in [0.2, 0.25) is 0 Å². The van der Waals surface area contributed by atoms with Crippen molar-refractivity contribution in [1.82, 2.24) is 0 Å². The summed E-state index contributed by atoms with van der Waals surface area (Å²) in [4.78, 5) is 18.4. The fourth-order valence-electron chi connectivity index (χ4n) is 1.60. The van der Waals surface area contributed by atoms with Crippen molar-refractivity contribution in [3.8, 4) is 11.5 Å². The fourth-order valence-corrected chi connectivity index (χ4v) is 1.60. The molecule has 1 aromatic carbocycles. The maximum absolute atomic E-state index is 10.4. The SMILES string of the molecule is COc1cccc(OC)c1C=NC(N)=NCCCC(=O)O. The molecule has 0 atom stereocenters. The first-order chi connectivity index (χ1) is 10.1. The number of nitrogens with zero attached hydrogens (tertiary/aromatic N) is 2. The van der Waals surface area contributed by atoms with Crippen molar-refractivity contribution < 1.29 is 19.4 Å². The van der Waals surface area contributed by atoms with E-state index in [4.69, 9.17) is 20.3 Å². The summed E-state index contributed by atoms with van der Waals surface area (Å²) in [6, 6.07) is 5.37. The van der Waals surface area contributed by atoms with Crippen LogP contribution < -0.4 is 15.2 Å². The van der Waals surface area contributed by atoms with Gasteiger partial charge in [0.15, 0.2) is 0 Å². The highest BCUT2D eigenvalue weighted by Gasteiger charge is 2.07. The maximum Gasteiger partial charge on any atom is 0.303 e. The highest BCUT2D eigenvalue weighted by atomic mass is 16.5. The van der Waals surface area contributed by atoms with Crippen molar-refractivity contribution in [2.45, 2.75) is 12.8 Å². The number of guanidine groups is 1. The Bertz CT molecular complexity index is 519. The monoisotopic (exact) mass is 293 g/mol. The zero-order valence-electron chi connectivity index (χ0n) is 12.1. The molecule has 0 fully saturated rings. The van der Waals surface area contributed by atoms with E-state index in [1.807, 2.05) is 0 Å². The number of hydrogen-bond acceptors (Lipinski definition) is 4. The molecule has 0 aromatic heterocycles. The molecule has 0 aliphatic heterocycles. The number of nitrogens with two attached hydrogens (primary N) is 1. The van der Waals surface area contributed by atoms with Crippen LogP contribution in [0.15, 0.2) is 28.2 Å². The third-order valence-corrected chi connectivity index (χ3v) is 2.61. The van der Waals surface area contributed by atoms with Crippen molar-refractivity contribution in [3.05, 3.63) is 23.8 Å². The Hall–Kier alpha value is -2.57. The van der Waals surface area contributed by atoms with Gasteiger partial charge in [0.05, 0.1) is 19.8 Å². The van der Waals surface area contributed by atoms with Crippen LogP contribution in [-0.2, 0) is 4.79 Å². The zero-order chi connectivity index (χ0) is 15.7. The topological polar surface area (TPSA) is 107 Å². The fraction of sp³-hybridized carbons (Fsp3) is 0.357. The number of carboxylic acids is 1. The number of benzene rings is 1. The summed E-state index contributed by atoms with van der Waals surface area (Å²) in [5.41, 5.74) is 6.30. The lowest BCUT2D eigenvalue weighted by Crippen LogP contribution is -2.10. The first kappa shape index (κ1) is 16.5. The lowest BCUT2D eigenvalue weighted by Gasteiger charge is -2.08. The van der Waals surface area contributed by atoms with Gasteiger partial charge in [-0.3, -0.25) is 9.79 Å². The molecule has 1 rings (SSSR count). The van der Waals surface area contributed by atoms with Gasteiger partial charge in [0.1, 0.15) is 11.5 Å². The van der Waals surface area contributed by atoms with Gasteiger partial charge in [-0.2, -0.15) is 0 Å². The highest BCUT2D eigenvalue weighted by molar-refractivity contribution is 5.96. The number of rotatable bonds is 7. The van der Waals surface area contributed by atoms with E-state index in [0.29, 0.717) is 30.0 Å². The van der Waals surface area contributed by atoms with E-state index in [1.54, 1.807) is 32.4 Å². The van der Waals surface area contributed by atoms with Crippen LogP contribution in [0, 0.1) is 0 Å². The largest absolute Gasteiger partial charge is 0.496 e. The zero-order valence-corrected chi connectivity index (χ0v) is 12.1. The number of aliphatic carboxylic acids is 1. The van der Waals surface area contributed by atoms with E-state index in [1.165, 1.54) is 6.21 Å². The Kier molecular flexibility index (Phi) is 6.73. The summed E-state index contributed by atoms with van der Waals surface area (Å²) >= 11 is 0. The number of aliphatic imine (C=N–C) groups is 2. The molecular weight excluding hydrogens is 274 g/mol. The lowest BCUT2D eigenvalue weighted by atomic mass is 10.2. The van der Waals surface area contributed by atoms with Gasteiger partial charge >= 0.3 is 5.97 Å². The second kappa shape index (κ2) is 8.57. The Labute approximate surface area is 123 Å². The van der Waals surface area contributed by atoms with Crippen LogP contribution in [0.25, 0.3) is 0 Å². The Balaban J connectivity index is 2.75. The van der Waals surface area contributed by atoms with Crippen LogP contribution in [0.4, 0.5) is 0 Å². The molecule has 0 spiro atoms. The molecule has 21 heavy (non-hydrogen) atoms. The maximum atomic E-state index is 10.4. The van der Waals surface area contributed by atoms with E-state index in [2.05, 4.69) is 9.98 Å². The van der Waals surface area contributed by atoms with Gasteiger partial charge < -0.3 is 20.3 Å². The van der Waals surface area contributed by atoms with Gasteiger partial charge in [-0.25, -0.2) is 4.99 Å². The minimum Gasteiger partial charge on any atom is -0.496 e. The molecule has 0 radical (unpaired) electrons. The Morgan fingerprint density at radius 2 is 1.95 bits per heavy atom. The number of methoxy groups -OCH3 is 2. The number of carboxylic acid groups (broad SMARTS) is 1. The summed E-state index contributed by atoms with van der Waals surface area (Å²) in [5.74, 6) is 0.438. The van der Waals surface area contributed by atoms with E-state index < -0.39 is 5.97 Å². The number of carbonyl (C=O) groups is 1. The number of ether oxygens (including phenoxy) is 2. The van der Waals surface area contributed by atoms with Crippen molar-refractivity contribution in [3.63, 3.8) is 0 Å². The third-order valence-electron chi connectivity index (χ3n) is 2.61. The first-order valence-corrected chi connectivity index (χ1v) is 6.35. The molecule has 0 heterocycles. The average molecular weight is 293 g/mol. The molecular formula is C14H19N3O4. The first-order valence-electron chi connectivity index (χ1n) is 6.35. The van der Waals surface area contributed by atoms with Crippen molar-refractivity contribution in [2.75, 3.05) is 20.8 Å². The molecule has 0 bridgehead atoms. The van der Waals surface area contributed by atoms with Crippen molar-refractivity contribution in [1.29, 1.82) is 0 Å². The van der Waals surface area contributed by atoms with Crippen LogP contribution in [0.1, 0.15) is 18.4 Å². The van der Waals surface area contributed by atoms with Crippen LogP contribution >= 0.6 is 0 Å². The summed E-state index contributed by atoms with van der Waals surface area (Å²) in [6.07, 6.45) is 1.98. The molecule has 3 N–H and O–H groups in total. The van der Waals surface area contributed by atoms with Crippen molar-refractivity contribution >= 4 is 18.1 Å². The highest BCUT2D eigenvalue weighted by Crippen LogP contribution is 2.26. The molecule has 0 amide bonds. The lowest BCUT2D eigenvalue weighted by molar-refractivity contribution is -0.137. The molecule has 114 valence electrons. The van der Waals surface area contributed by atoms with Crippen LogP contribution in [-0.4, -0.2) is 44.0 Å². The van der Waals surface area contributed by atoms with E-state index in [-0.39, 0.29) is 12.4 Å². The van der Waals surface area contributed by atoms with E-state index >= 15 is 0 Å². The van der Waals surface area contributed by atoms with Gasteiger partial charge in [0.2, 0.25) is 5.96 Å². The molecule has 0 saturated heterocycles. The second-order valence-electron chi connectivity index (χ2n) is 4.07. The smallest absolute Gasteiger partial charge is 0.303 e. The number of hydrogen-bond donors (Lipinski definition) is 2. The molecule has 0 saturated carbocycles. The van der Waals surface area contributed by atoms with Crippen LogP contribution in [0.5, 0.6) is 11.5 Å². The summed E-state index contributed by atoms with van der Waals surface area (Å²) < 4.78 is 10.5. The molecule has 7 nitrogen and oxygen atoms in total. The quantitative estimate of drug-likeness (QED) is 0.448. The molecule has 0 aliphatic carbocycles. The van der Waals surface area contributed by atoms with E-state index in [9.17, 15) is 4.79 Å². The predicted octanol–water partition coefficient (Wildman–Crippen LogP) is 1.30. The van der Waals surface area contributed by atoms with Gasteiger partial charge in [-0.1, -0.05) is 6.07 Å². The van der Waals surface area contributed by atoms with Gasteiger partial charge in [-0.05, 0) is 18.6 Å². The van der Waals surface area contributed by atoms with Gasteiger partial charge in [0, 0.05) is 19.2 Å². The average Bonchev–Trinajstić information content (AvgIpc) is 2.48. The Morgan fingerprint density at radius 1 is 1.33 bits per heavy atom. The standard InChI is InChI=1S/C14H19N3O4/c1-20-11-5-3-6-12(21-2)10(11)9-17-14(15)16-8-4-7-13(18)19/h3,5-6,9H,4,7-8H2,1-2H3,(H2,15,16)(H,18,19). The normalized spacial score (nSPS) is 11.6. The molecule has 0 aliphatic rings. The second-order valence-corrected chi connectivity index (χ2v) is 4.07. The van der Waals surface area contributed by atoms with Crippen molar-refractivity contribution in [2.24, 2.45) is 15.7 Å². The predicted molar refractivity (Wildman–Crippen MR) is 80.5 cm³/mol. The minimum atomic E-state index is -0.856. The molecule has 0 unspecified atom stereocenters. The Morgan fingerprint density at radius 3 is 2.48 bits per heavy atom. The van der Waals surface area contributed by atoms with E-state index in [0.717, 1.165) is 0 Å². The van der Waals surface area contributed by atoms with Gasteiger partial charge in [0.25, 0.3) is 0 Å². The third kappa shape index (κ3) is 5.52. The summed E-state index contributed by atoms with van der Waals surface area (Å²) in [7, 11) is 3.10. The van der Waals surface area contributed by atoms with Gasteiger partial charge in [-0.15, -0.1) is 0 Å². The summed E-state index contributed by atoms with van der Waals surface area (Å²) in [5, 5.41) is 8.51. The molecule has 7 heteroatoms. The minimum absolute atomic E-state index is 0.0564. The van der Waals surface area contributed by atoms with Crippen LogP contribution in [0.3, 0.4) is 0 Å². The molecule has 1 aromatic rings.